The number of sulfonamides is 1. The molecule has 148 valence electrons. The molecule has 0 amide bonds. The van der Waals surface area contributed by atoms with Crippen LogP contribution in [-0.2, 0) is 21.2 Å². The van der Waals surface area contributed by atoms with E-state index in [0.717, 1.165) is 24.0 Å². The summed E-state index contributed by atoms with van der Waals surface area (Å²) in [6, 6.07) is 6.70. The fourth-order valence-electron chi connectivity index (χ4n) is 2.90. The second kappa shape index (κ2) is 7.43. The number of nitro groups is 1. The minimum Gasteiger partial charge on any atom is -0.451 e. The molecule has 0 aliphatic carbocycles. The first-order chi connectivity index (χ1) is 13.2. The number of carbonyl (C=O) groups excluding carboxylic acids is 2. The minimum atomic E-state index is -3.41. The molecule has 1 aliphatic rings. The monoisotopic (exact) mass is 408 g/mol. The standard InChI is InChI=1S/C17H16N2O8S/c1-28(24,25)18-8-2-3-11-9-12(4-5-13(11)18)14(20)10-26-17(21)15-6-7-16(27-15)19(22)23/h4-7,9H,2-3,8,10H2,1H3. The molecule has 2 aromatic rings. The van der Waals surface area contributed by atoms with Crippen molar-refractivity contribution in [2.45, 2.75) is 12.8 Å². The Bertz CT molecular complexity index is 1060. The maximum Gasteiger partial charge on any atom is 0.433 e. The summed E-state index contributed by atoms with van der Waals surface area (Å²) >= 11 is 0. The van der Waals surface area contributed by atoms with Crippen LogP contribution in [0.1, 0.15) is 32.9 Å². The first-order valence-corrected chi connectivity index (χ1v) is 10.1. The van der Waals surface area contributed by atoms with Gasteiger partial charge in [-0.2, -0.15) is 0 Å². The van der Waals surface area contributed by atoms with Crippen LogP contribution in [0, 0.1) is 10.1 Å². The molecule has 0 unspecified atom stereocenters. The number of hydrogen-bond donors (Lipinski definition) is 0. The number of Topliss-reactive ketones (excluding diaryl/α,β-unsaturated/α-hetero) is 1. The smallest absolute Gasteiger partial charge is 0.433 e. The molecule has 2 heterocycles. The molecule has 0 N–H and O–H groups in total. The number of hydrogen-bond acceptors (Lipinski definition) is 8. The van der Waals surface area contributed by atoms with E-state index >= 15 is 0 Å². The van der Waals surface area contributed by atoms with Crippen LogP contribution in [-0.4, -0.2) is 44.5 Å². The number of anilines is 1. The quantitative estimate of drug-likeness (QED) is 0.306. The zero-order chi connectivity index (χ0) is 20.5. The zero-order valence-electron chi connectivity index (χ0n) is 14.8. The number of fused-ring (bicyclic) bond motifs is 1. The second-order valence-electron chi connectivity index (χ2n) is 6.18. The number of rotatable bonds is 6. The van der Waals surface area contributed by atoms with Crippen molar-refractivity contribution in [3.8, 4) is 0 Å². The summed E-state index contributed by atoms with van der Waals surface area (Å²) in [5.74, 6) is -2.48. The molecule has 1 aromatic carbocycles. The van der Waals surface area contributed by atoms with Crippen molar-refractivity contribution in [3.63, 3.8) is 0 Å². The Morgan fingerprint density at radius 2 is 2.04 bits per heavy atom. The van der Waals surface area contributed by atoms with Gasteiger partial charge in [0.05, 0.1) is 18.0 Å². The molecular weight excluding hydrogens is 392 g/mol. The zero-order valence-corrected chi connectivity index (χ0v) is 15.6. The van der Waals surface area contributed by atoms with E-state index in [1.165, 1.54) is 10.4 Å². The predicted molar refractivity (Wildman–Crippen MR) is 96.9 cm³/mol. The lowest BCUT2D eigenvalue weighted by Crippen LogP contribution is -2.34. The molecule has 1 aliphatic heterocycles. The van der Waals surface area contributed by atoms with Crippen LogP contribution < -0.4 is 4.31 Å². The van der Waals surface area contributed by atoms with Crippen LogP contribution in [0.3, 0.4) is 0 Å². The Kier molecular flexibility index (Phi) is 5.18. The van der Waals surface area contributed by atoms with Crippen LogP contribution in [0.25, 0.3) is 0 Å². The fourth-order valence-corrected chi connectivity index (χ4v) is 3.90. The fraction of sp³-hybridized carbons (Fsp3) is 0.294. The molecule has 28 heavy (non-hydrogen) atoms. The summed E-state index contributed by atoms with van der Waals surface area (Å²) in [5, 5.41) is 10.6. The molecular formula is C17H16N2O8S. The number of ether oxygens (including phenoxy) is 1. The lowest BCUT2D eigenvalue weighted by atomic mass is 9.99. The average molecular weight is 408 g/mol. The Balaban J connectivity index is 1.69. The van der Waals surface area contributed by atoms with Crippen LogP contribution in [0.2, 0.25) is 0 Å². The van der Waals surface area contributed by atoms with Gasteiger partial charge in [0.15, 0.2) is 12.4 Å². The lowest BCUT2D eigenvalue weighted by Gasteiger charge is -2.29. The highest BCUT2D eigenvalue weighted by Gasteiger charge is 2.25. The lowest BCUT2D eigenvalue weighted by molar-refractivity contribution is -0.402. The summed E-state index contributed by atoms with van der Waals surface area (Å²) in [6.07, 6.45) is 2.38. The molecule has 0 spiro atoms. The van der Waals surface area contributed by atoms with E-state index in [2.05, 4.69) is 0 Å². The van der Waals surface area contributed by atoms with E-state index < -0.39 is 39.2 Å². The van der Waals surface area contributed by atoms with Crippen molar-refractivity contribution in [1.82, 2.24) is 0 Å². The van der Waals surface area contributed by atoms with Gasteiger partial charge in [0.25, 0.3) is 0 Å². The number of aryl methyl sites for hydroxylation is 1. The van der Waals surface area contributed by atoms with Gasteiger partial charge in [0, 0.05) is 12.1 Å². The Morgan fingerprint density at radius 1 is 1.29 bits per heavy atom. The van der Waals surface area contributed by atoms with E-state index in [1.807, 2.05) is 0 Å². The van der Waals surface area contributed by atoms with Gasteiger partial charge in [-0.25, -0.2) is 13.2 Å². The third-order valence-electron chi connectivity index (χ3n) is 4.19. The van der Waals surface area contributed by atoms with Crippen molar-refractivity contribution in [2.24, 2.45) is 0 Å². The number of benzene rings is 1. The van der Waals surface area contributed by atoms with Crippen LogP contribution in [0.15, 0.2) is 34.7 Å². The minimum absolute atomic E-state index is 0.271. The summed E-state index contributed by atoms with van der Waals surface area (Å²) in [7, 11) is -3.41. The van der Waals surface area contributed by atoms with Crippen molar-refractivity contribution in [1.29, 1.82) is 0 Å². The molecule has 0 bridgehead atoms. The molecule has 0 atom stereocenters. The summed E-state index contributed by atoms with van der Waals surface area (Å²) in [6.45, 7) is -0.200. The SMILES string of the molecule is CS(=O)(=O)N1CCCc2cc(C(=O)COC(=O)c3ccc([N+](=O)[O-])o3)ccc21. The normalized spacial score (nSPS) is 13.7. The summed E-state index contributed by atoms with van der Waals surface area (Å²) in [5.41, 5.74) is 1.52. The second-order valence-corrected chi connectivity index (χ2v) is 8.08. The van der Waals surface area contributed by atoms with Crippen LogP contribution >= 0.6 is 0 Å². The maximum atomic E-state index is 12.3. The van der Waals surface area contributed by atoms with Crippen molar-refractivity contribution in [2.75, 3.05) is 23.7 Å². The molecule has 0 saturated carbocycles. The topological polar surface area (TPSA) is 137 Å². The van der Waals surface area contributed by atoms with Gasteiger partial charge in [-0.05, 0) is 42.7 Å². The molecule has 10 nitrogen and oxygen atoms in total. The third kappa shape index (κ3) is 4.03. The van der Waals surface area contributed by atoms with Crippen molar-refractivity contribution < 1.29 is 32.1 Å². The first kappa shape index (κ1) is 19.5. The third-order valence-corrected chi connectivity index (χ3v) is 5.37. The number of nitrogens with zero attached hydrogens (tertiary/aromatic N) is 2. The van der Waals surface area contributed by atoms with Gasteiger partial charge in [-0.1, -0.05) is 0 Å². The molecule has 11 heteroatoms. The van der Waals surface area contributed by atoms with Gasteiger partial charge in [-0.15, -0.1) is 0 Å². The van der Waals surface area contributed by atoms with Crippen LogP contribution in [0.4, 0.5) is 11.6 Å². The van der Waals surface area contributed by atoms with Gasteiger partial charge < -0.3 is 9.15 Å². The van der Waals surface area contributed by atoms with Crippen molar-refractivity contribution in [3.05, 3.63) is 57.3 Å². The van der Waals surface area contributed by atoms with Crippen molar-refractivity contribution >= 4 is 33.3 Å². The number of carbonyl (C=O) groups is 2. The molecule has 1 aromatic heterocycles. The number of esters is 1. The Morgan fingerprint density at radius 3 is 2.68 bits per heavy atom. The van der Waals surface area contributed by atoms with E-state index in [1.54, 1.807) is 12.1 Å². The van der Waals surface area contributed by atoms with Gasteiger partial charge >= 0.3 is 11.9 Å². The molecule has 0 fully saturated rings. The van der Waals surface area contributed by atoms with Gasteiger partial charge in [0.2, 0.25) is 15.8 Å². The highest BCUT2D eigenvalue weighted by molar-refractivity contribution is 7.92. The number of ketones is 1. The predicted octanol–water partition coefficient (Wildman–Crippen LogP) is 1.94. The van der Waals surface area contributed by atoms with E-state index in [4.69, 9.17) is 9.15 Å². The van der Waals surface area contributed by atoms with E-state index in [-0.39, 0.29) is 11.3 Å². The Labute approximate surface area is 159 Å². The molecule has 0 radical (unpaired) electrons. The van der Waals surface area contributed by atoms with E-state index in [9.17, 15) is 28.1 Å². The van der Waals surface area contributed by atoms with Gasteiger partial charge in [-0.3, -0.25) is 19.2 Å². The molecule has 0 saturated heterocycles. The maximum absolute atomic E-state index is 12.3. The average Bonchev–Trinajstić information content (AvgIpc) is 3.14. The highest BCUT2D eigenvalue weighted by Crippen LogP contribution is 2.30. The molecule has 3 rings (SSSR count). The Hall–Kier alpha value is -3.21. The largest absolute Gasteiger partial charge is 0.451 e. The van der Waals surface area contributed by atoms with Gasteiger partial charge in [0.1, 0.15) is 4.92 Å². The summed E-state index contributed by atoms with van der Waals surface area (Å²) < 4.78 is 34.6. The van der Waals surface area contributed by atoms with E-state index in [0.29, 0.717) is 25.1 Å². The number of furan rings is 1. The van der Waals surface area contributed by atoms with Crippen LogP contribution in [0.5, 0.6) is 0 Å². The highest BCUT2D eigenvalue weighted by atomic mass is 32.2. The first-order valence-electron chi connectivity index (χ1n) is 8.22. The summed E-state index contributed by atoms with van der Waals surface area (Å²) in [4.78, 5) is 33.9.